The molecule has 0 aromatic heterocycles. The molecule has 18 nitrogen and oxygen atoms in total. The quantitative estimate of drug-likeness (QED) is 0.0283. The first-order valence-corrected chi connectivity index (χ1v) is 50.6. The maximum absolute atomic E-state index is 12.2. The Labute approximate surface area is 805 Å². The van der Waals surface area contributed by atoms with Gasteiger partial charge in [-0.05, 0) is 443 Å². The second kappa shape index (κ2) is 52.2. The summed E-state index contributed by atoms with van der Waals surface area (Å²) < 4.78 is 69.3. The van der Waals surface area contributed by atoms with Gasteiger partial charge in [-0.2, -0.15) is 0 Å². The Kier molecular flexibility index (Phi) is 48.5. The van der Waals surface area contributed by atoms with Gasteiger partial charge in [0.05, 0.1) is 70.6 Å². The molecule has 0 spiro atoms. The van der Waals surface area contributed by atoms with Crippen LogP contribution >= 0.6 is 0 Å². The average molecular weight is 1860 g/mol. The molecule has 0 heterocycles. The van der Waals surface area contributed by atoms with Gasteiger partial charge in [0.2, 0.25) is 0 Å². The topological polar surface area (TPSA) is 213 Å². The minimum atomic E-state index is -0.415. The highest BCUT2D eigenvalue weighted by Gasteiger charge is 2.65. The summed E-state index contributed by atoms with van der Waals surface area (Å²) in [6.45, 7) is 40.6. The number of fused-ring (bicyclic) bond motifs is 22. The Hall–Kier alpha value is -3.42. The molecule has 131 heavy (non-hydrogen) atoms. The van der Waals surface area contributed by atoms with E-state index in [1.54, 1.807) is 0 Å². The van der Waals surface area contributed by atoms with Crippen LogP contribution in [-0.4, -0.2) is 110 Å². The first-order valence-electron chi connectivity index (χ1n) is 50.6. The van der Waals surface area contributed by atoms with Crippen LogP contribution in [0.15, 0.2) is 0 Å². The molecule has 29 atom stereocenters. The van der Waals surface area contributed by atoms with Crippen molar-refractivity contribution >= 4 is 35.8 Å². The molecule has 18 heteroatoms. The molecule has 20 aliphatic carbocycles. The van der Waals surface area contributed by atoms with Crippen LogP contribution in [0.3, 0.4) is 0 Å². The van der Waals surface area contributed by atoms with Crippen molar-refractivity contribution in [3.05, 3.63) is 0 Å². The standard InChI is InChI=1S/C20H32O3.C19H30O3.C18H30O3.C17H28O3.C15H26O3.C14H24O3.10CH4/c1-5-20(3,4)19(21)23-11(2)22-16-10-14-9-15(16)18-13-7-6-12(8-13)17(14)18;1-4-10(2)19(20)22-11(3)21-16-9-14-8-15(16)18-13-6-5-12(7-13)17(14)18;1-5-18(3,4)17(19)21-11(2)20-16-14-7-12-6-13(9-14)10-15(16)8-12;1-4-10(2)17(18)20-11(3)19-16-14-6-12-5-13(8-14)9-15(16)7-12;1-5-15(3,4)14(16)18-10(2)17-13-9-11-6-7-12(13)8-11;1-4-9(2)14(15)17-10(3)16-13-8-11-5-6-12(13)7-11;;;;;;;;;;/h11-18H,5-10H2,1-4H3;10-18H,4-9H2,1-3H3;11-16H,5-10H2,1-4H3;10-16H,4-9H2,1-3H3;10-13H,5-9H2,1-4H3;9-13H,4-8H2,1-3H3;10*1H4. The lowest BCUT2D eigenvalue weighted by atomic mass is 9.55. The van der Waals surface area contributed by atoms with Crippen LogP contribution in [0.2, 0.25) is 0 Å². The zero-order valence-electron chi connectivity index (χ0n) is 79.4. The number of esters is 6. The molecule has 20 saturated carbocycles. The SMILES string of the molecule is C.C.C.C.C.C.C.C.C.C.CCC(C)(C)C(=O)OC(C)OC1C2CC3CC(C2)CC1C3.CCC(C)(C)C(=O)OC(C)OC1CC2CC1C1C3CCC(C3)C21.CCC(C)(C)C(=O)OC(C)OC1CC2CCC1C2.CCC(C)C(=O)OC(C)OC1C2CC3CC(C2)CC1C3.CCC(C)C(=O)OC(C)OC1CC2CC1C1C3CCC(C3)C21.CCC(C)C(=O)OC(C)OC1CC2CCC1C2. The number of carbonyl (C=O) groups is 6. The van der Waals surface area contributed by atoms with Crippen molar-refractivity contribution in [1.82, 2.24) is 0 Å². The summed E-state index contributed by atoms with van der Waals surface area (Å²) in [5.41, 5.74) is -1.24. The fourth-order valence-electron chi connectivity index (χ4n) is 28.5. The highest BCUT2D eigenvalue weighted by molar-refractivity contribution is 5.77. The Morgan fingerprint density at radius 2 is 0.473 bits per heavy atom. The summed E-state index contributed by atoms with van der Waals surface area (Å²) in [4.78, 5) is 71.7. The molecule has 29 unspecified atom stereocenters. The second-order valence-corrected chi connectivity index (χ2v) is 45.4. The van der Waals surface area contributed by atoms with Crippen molar-refractivity contribution in [2.24, 2.45) is 176 Å². The van der Waals surface area contributed by atoms with Gasteiger partial charge in [0, 0.05) is 0 Å². The Balaban J connectivity index is 0.000000400. The number of ether oxygens (including phenoxy) is 12. The number of hydrogen-bond donors (Lipinski definition) is 0. The predicted octanol–water partition coefficient (Wildman–Crippen LogP) is 29.3. The minimum absolute atomic E-state index is 0. The van der Waals surface area contributed by atoms with Crippen molar-refractivity contribution in [3.8, 4) is 0 Å². The van der Waals surface area contributed by atoms with Crippen LogP contribution in [0.25, 0.3) is 0 Å². The molecule has 20 fully saturated rings. The average Bonchev–Trinajstić information content (AvgIpc) is 1.52. The number of hydrogen-bond acceptors (Lipinski definition) is 18. The zero-order chi connectivity index (χ0) is 87.0. The van der Waals surface area contributed by atoms with Crippen LogP contribution in [0.4, 0.5) is 0 Å². The summed E-state index contributed by atoms with van der Waals surface area (Å²) >= 11 is 0. The Morgan fingerprint density at radius 1 is 0.237 bits per heavy atom. The predicted molar refractivity (Wildman–Crippen MR) is 533 cm³/mol. The van der Waals surface area contributed by atoms with Gasteiger partial charge in [0.1, 0.15) is 0 Å². The molecule has 0 saturated heterocycles. The van der Waals surface area contributed by atoms with Crippen molar-refractivity contribution in [1.29, 1.82) is 0 Å². The normalized spacial score (nSPS) is 37.5. The highest BCUT2D eigenvalue weighted by Crippen LogP contribution is 2.70. The summed E-state index contributed by atoms with van der Waals surface area (Å²) in [6.07, 6.45) is 42.3. The lowest BCUT2D eigenvalue weighted by molar-refractivity contribution is -0.224. The third kappa shape index (κ3) is 28.7. The maximum atomic E-state index is 12.2. The third-order valence-electron chi connectivity index (χ3n) is 36.2. The van der Waals surface area contributed by atoms with E-state index in [2.05, 4.69) is 0 Å². The van der Waals surface area contributed by atoms with E-state index in [0.29, 0.717) is 60.3 Å². The van der Waals surface area contributed by atoms with Crippen molar-refractivity contribution in [3.63, 3.8) is 0 Å². The molecule has 0 N–H and O–H groups in total. The largest absolute Gasteiger partial charge is 0.436 e. The van der Waals surface area contributed by atoms with E-state index in [1.807, 2.05) is 145 Å². The zero-order valence-corrected chi connectivity index (χ0v) is 79.4. The van der Waals surface area contributed by atoms with Crippen LogP contribution in [0, 0.1) is 176 Å². The first-order chi connectivity index (χ1) is 57.4. The van der Waals surface area contributed by atoms with Crippen LogP contribution < -0.4 is 0 Å². The van der Waals surface area contributed by atoms with E-state index < -0.39 is 35.1 Å². The molecule has 0 aliphatic heterocycles. The van der Waals surface area contributed by atoms with Gasteiger partial charge in [-0.3, -0.25) is 28.8 Å². The third-order valence-corrected chi connectivity index (χ3v) is 36.2. The summed E-state index contributed by atoms with van der Waals surface area (Å²) in [5.74, 6) is 20.1. The van der Waals surface area contributed by atoms with Gasteiger partial charge < -0.3 is 56.8 Å². The Bertz CT molecular complexity index is 3350. The minimum Gasteiger partial charge on any atom is -0.436 e. The van der Waals surface area contributed by atoms with Gasteiger partial charge in [-0.1, -0.05) is 137 Å². The Morgan fingerprint density at radius 3 is 0.725 bits per heavy atom. The van der Waals surface area contributed by atoms with E-state index in [-0.39, 0.29) is 147 Å². The maximum Gasteiger partial charge on any atom is 0.313 e. The lowest BCUT2D eigenvalue weighted by Gasteiger charge is -2.54. The van der Waals surface area contributed by atoms with Crippen LogP contribution in [0.5, 0.6) is 0 Å². The molecule has 770 valence electrons. The first kappa shape index (κ1) is 122. The van der Waals surface area contributed by atoms with Gasteiger partial charge in [0.25, 0.3) is 0 Å². The van der Waals surface area contributed by atoms with Crippen molar-refractivity contribution in [2.75, 3.05) is 0 Å². The molecular formula is C113H210O18. The lowest BCUT2D eigenvalue weighted by Crippen LogP contribution is -2.50. The molecule has 20 aliphatic rings. The van der Waals surface area contributed by atoms with Crippen LogP contribution in [-0.2, 0) is 85.6 Å². The van der Waals surface area contributed by atoms with E-state index in [9.17, 15) is 28.8 Å². The molecule has 0 aromatic rings. The molecule has 0 amide bonds. The molecule has 0 aromatic carbocycles. The monoisotopic (exact) mass is 1860 g/mol. The summed E-state index contributed by atoms with van der Waals surface area (Å²) in [7, 11) is 0. The van der Waals surface area contributed by atoms with E-state index in [1.165, 1.54) is 167 Å². The fourth-order valence-corrected chi connectivity index (χ4v) is 28.5. The molecule has 20 rings (SSSR count). The second-order valence-electron chi connectivity index (χ2n) is 45.4. The molecule has 0 radical (unpaired) electrons. The summed E-state index contributed by atoms with van der Waals surface area (Å²) in [5, 5.41) is 0. The smallest absolute Gasteiger partial charge is 0.313 e. The van der Waals surface area contributed by atoms with Crippen molar-refractivity contribution < 1.29 is 85.6 Å². The molecule has 20 bridgehead atoms. The van der Waals surface area contributed by atoms with Gasteiger partial charge in [0.15, 0.2) is 37.7 Å². The van der Waals surface area contributed by atoms with Gasteiger partial charge in [-0.25, -0.2) is 0 Å². The fraction of sp³-hybridized carbons (Fsp3) is 0.947. The van der Waals surface area contributed by atoms with Gasteiger partial charge in [-0.15, -0.1) is 0 Å². The highest BCUT2D eigenvalue weighted by atomic mass is 16.7. The van der Waals surface area contributed by atoms with E-state index in [0.717, 1.165) is 170 Å². The van der Waals surface area contributed by atoms with E-state index >= 15 is 0 Å². The number of carbonyl (C=O) groups excluding carboxylic acids is 6. The molecular weight excluding hydrogens is 1650 g/mol. The number of rotatable bonds is 30. The summed E-state index contributed by atoms with van der Waals surface area (Å²) in [6, 6.07) is 0. The van der Waals surface area contributed by atoms with Crippen molar-refractivity contribution in [2.45, 2.75) is 512 Å². The van der Waals surface area contributed by atoms with E-state index in [4.69, 9.17) is 56.8 Å². The van der Waals surface area contributed by atoms with Crippen LogP contribution in [0.1, 0.15) is 438 Å². The van der Waals surface area contributed by atoms with Gasteiger partial charge >= 0.3 is 35.8 Å².